The summed E-state index contributed by atoms with van der Waals surface area (Å²) in [6.07, 6.45) is 1.33. The lowest BCUT2D eigenvalue weighted by Gasteiger charge is -2.22. The number of nitrogens with zero attached hydrogens (tertiary/aromatic N) is 1. The predicted molar refractivity (Wildman–Crippen MR) is 102 cm³/mol. The molecule has 2 aromatic carbocycles. The van der Waals surface area contributed by atoms with Gasteiger partial charge in [-0.2, -0.15) is 0 Å². The Labute approximate surface area is 153 Å². The van der Waals surface area contributed by atoms with Crippen LogP contribution in [0.4, 0.5) is 5.69 Å². The summed E-state index contributed by atoms with van der Waals surface area (Å²) in [4.78, 5) is 27.4. The van der Waals surface area contributed by atoms with Crippen molar-refractivity contribution in [1.29, 1.82) is 0 Å². The van der Waals surface area contributed by atoms with Crippen molar-refractivity contribution in [3.05, 3.63) is 76.9 Å². The first kappa shape index (κ1) is 18.1. The smallest absolute Gasteiger partial charge is 0.264 e. The monoisotopic (exact) mass is 349 g/mol. The summed E-state index contributed by atoms with van der Waals surface area (Å²) < 4.78 is 0. The van der Waals surface area contributed by atoms with Gasteiger partial charge in [0.2, 0.25) is 0 Å². The van der Waals surface area contributed by atoms with E-state index in [0.29, 0.717) is 16.8 Å². The summed E-state index contributed by atoms with van der Waals surface area (Å²) in [5, 5.41) is 11.2. The van der Waals surface area contributed by atoms with E-state index in [1.54, 1.807) is 24.3 Å². The highest BCUT2D eigenvalue weighted by molar-refractivity contribution is 6.11. The minimum atomic E-state index is -1.85. The molecule has 26 heavy (non-hydrogen) atoms. The molecule has 1 N–H and O–H groups in total. The Balaban J connectivity index is 2.01. The molecule has 0 aliphatic carbocycles. The van der Waals surface area contributed by atoms with Gasteiger partial charge in [0.05, 0.1) is 12.1 Å². The lowest BCUT2D eigenvalue weighted by molar-refractivity contribution is -0.135. The quantitative estimate of drug-likeness (QED) is 0.663. The summed E-state index contributed by atoms with van der Waals surface area (Å²) in [6, 6.07) is 10.9. The van der Waals surface area contributed by atoms with Gasteiger partial charge in [0, 0.05) is 17.7 Å². The Morgan fingerprint density at radius 1 is 1.15 bits per heavy atom. The molecule has 4 nitrogen and oxygen atoms in total. The molecule has 1 atom stereocenters. The fourth-order valence-electron chi connectivity index (χ4n) is 3.58. The van der Waals surface area contributed by atoms with Gasteiger partial charge in [-0.1, -0.05) is 30.3 Å². The van der Waals surface area contributed by atoms with Gasteiger partial charge < -0.3 is 10.0 Å². The average Bonchev–Trinajstić information content (AvgIpc) is 2.81. The average molecular weight is 349 g/mol. The molecular weight excluding hydrogens is 326 g/mol. The van der Waals surface area contributed by atoms with Gasteiger partial charge >= 0.3 is 0 Å². The maximum Gasteiger partial charge on any atom is 0.264 e. The second kappa shape index (κ2) is 6.54. The zero-order valence-electron chi connectivity index (χ0n) is 15.4. The molecule has 134 valence electrons. The van der Waals surface area contributed by atoms with Crippen molar-refractivity contribution in [3.63, 3.8) is 0 Å². The standard InChI is InChI=1S/C22H23NO3/c1-5-10-23-19-9-7-6-8-18(19)22(26,21(23)25)13-20(24)17-12-15(3)14(2)11-16(17)4/h5-9,11-12,26H,1,10,13H2,2-4H3. The van der Waals surface area contributed by atoms with Gasteiger partial charge in [0.15, 0.2) is 11.4 Å². The van der Waals surface area contributed by atoms with Crippen LogP contribution in [-0.2, 0) is 10.4 Å². The lowest BCUT2D eigenvalue weighted by Crippen LogP contribution is -2.42. The van der Waals surface area contributed by atoms with E-state index in [0.717, 1.165) is 16.7 Å². The van der Waals surface area contributed by atoms with Crippen LogP contribution in [0.25, 0.3) is 0 Å². The number of carbonyl (C=O) groups is 2. The molecule has 1 aliphatic rings. The van der Waals surface area contributed by atoms with Gasteiger partial charge in [-0.15, -0.1) is 6.58 Å². The minimum absolute atomic E-state index is 0.239. The zero-order valence-corrected chi connectivity index (χ0v) is 15.4. The highest BCUT2D eigenvalue weighted by Crippen LogP contribution is 2.42. The molecule has 1 aliphatic heterocycles. The van der Waals surface area contributed by atoms with Crippen LogP contribution in [0.2, 0.25) is 0 Å². The Morgan fingerprint density at radius 3 is 2.50 bits per heavy atom. The number of hydrogen-bond acceptors (Lipinski definition) is 3. The fraction of sp³-hybridized carbons (Fsp3) is 0.273. The van der Waals surface area contributed by atoms with Crippen LogP contribution < -0.4 is 4.90 Å². The summed E-state index contributed by atoms with van der Waals surface area (Å²) in [7, 11) is 0. The number of fused-ring (bicyclic) bond motifs is 1. The number of rotatable bonds is 5. The van der Waals surface area contributed by atoms with Crippen LogP contribution in [0.5, 0.6) is 0 Å². The first-order chi connectivity index (χ1) is 12.3. The zero-order chi connectivity index (χ0) is 19.1. The van der Waals surface area contributed by atoms with Crippen LogP contribution >= 0.6 is 0 Å². The number of hydrogen-bond donors (Lipinski definition) is 1. The Bertz CT molecular complexity index is 916. The summed E-state index contributed by atoms with van der Waals surface area (Å²) in [5.41, 5.74) is 2.78. The van der Waals surface area contributed by atoms with E-state index in [4.69, 9.17) is 0 Å². The molecule has 0 fully saturated rings. The van der Waals surface area contributed by atoms with Crippen molar-refractivity contribution in [2.45, 2.75) is 32.8 Å². The van der Waals surface area contributed by atoms with Crippen molar-refractivity contribution in [2.24, 2.45) is 0 Å². The van der Waals surface area contributed by atoms with Crippen LogP contribution in [0.1, 0.15) is 39.0 Å². The van der Waals surface area contributed by atoms with E-state index in [1.807, 2.05) is 39.0 Å². The number of para-hydroxylation sites is 1. The maximum absolute atomic E-state index is 13.0. The molecule has 1 unspecified atom stereocenters. The van der Waals surface area contributed by atoms with Crippen molar-refractivity contribution < 1.29 is 14.7 Å². The molecule has 0 saturated heterocycles. The third-order valence-corrected chi connectivity index (χ3v) is 5.11. The molecule has 3 rings (SSSR count). The molecule has 1 heterocycles. The fourth-order valence-corrected chi connectivity index (χ4v) is 3.58. The molecule has 0 aromatic heterocycles. The van der Waals surface area contributed by atoms with Gasteiger partial charge in [0.1, 0.15) is 0 Å². The van der Waals surface area contributed by atoms with Crippen LogP contribution in [-0.4, -0.2) is 23.3 Å². The molecule has 4 heteroatoms. The third-order valence-electron chi connectivity index (χ3n) is 5.11. The van der Waals surface area contributed by atoms with E-state index in [2.05, 4.69) is 6.58 Å². The lowest BCUT2D eigenvalue weighted by atomic mass is 9.86. The molecule has 0 saturated carbocycles. The largest absolute Gasteiger partial charge is 0.375 e. The second-order valence-corrected chi connectivity index (χ2v) is 6.93. The number of carbonyl (C=O) groups excluding carboxylic acids is 2. The number of ketones is 1. The van der Waals surface area contributed by atoms with E-state index in [9.17, 15) is 14.7 Å². The van der Waals surface area contributed by atoms with Gasteiger partial charge in [-0.3, -0.25) is 9.59 Å². The highest BCUT2D eigenvalue weighted by Gasteiger charge is 2.50. The Morgan fingerprint density at radius 2 is 1.81 bits per heavy atom. The van der Waals surface area contributed by atoms with Crippen molar-refractivity contribution >= 4 is 17.4 Å². The molecule has 0 radical (unpaired) electrons. The number of benzene rings is 2. The van der Waals surface area contributed by atoms with E-state index in [-0.39, 0.29) is 18.7 Å². The molecule has 0 bridgehead atoms. The summed E-state index contributed by atoms with van der Waals surface area (Å²) >= 11 is 0. The van der Waals surface area contributed by atoms with Crippen LogP contribution in [0, 0.1) is 20.8 Å². The van der Waals surface area contributed by atoms with Crippen LogP contribution in [0.3, 0.4) is 0 Å². The van der Waals surface area contributed by atoms with Gasteiger partial charge in [0.25, 0.3) is 5.91 Å². The van der Waals surface area contributed by atoms with Crippen molar-refractivity contribution in [1.82, 2.24) is 0 Å². The molecule has 1 amide bonds. The SMILES string of the molecule is C=CCN1C(=O)C(O)(CC(=O)c2cc(C)c(C)cc2C)c2ccccc21. The number of aliphatic hydroxyl groups is 1. The number of aryl methyl sites for hydroxylation is 3. The van der Waals surface area contributed by atoms with E-state index in [1.165, 1.54) is 4.90 Å². The summed E-state index contributed by atoms with van der Waals surface area (Å²) in [5.74, 6) is -0.717. The van der Waals surface area contributed by atoms with Gasteiger partial charge in [-0.25, -0.2) is 0 Å². The normalized spacial score (nSPS) is 18.8. The maximum atomic E-state index is 13.0. The Kier molecular flexibility index (Phi) is 4.55. The number of Topliss-reactive ketones (excluding diaryl/α,β-unsaturated/α-hetero) is 1. The van der Waals surface area contributed by atoms with Crippen LogP contribution in [0.15, 0.2) is 49.1 Å². The molecule has 0 spiro atoms. The third kappa shape index (κ3) is 2.76. The second-order valence-electron chi connectivity index (χ2n) is 6.93. The highest BCUT2D eigenvalue weighted by atomic mass is 16.3. The van der Waals surface area contributed by atoms with E-state index >= 15 is 0 Å². The first-order valence-electron chi connectivity index (χ1n) is 8.65. The van der Waals surface area contributed by atoms with Crippen molar-refractivity contribution in [3.8, 4) is 0 Å². The predicted octanol–water partition coefficient (Wildman–Crippen LogP) is 3.61. The molecule has 2 aromatic rings. The van der Waals surface area contributed by atoms with Gasteiger partial charge in [-0.05, 0) is 49.6 Å². The summed E-state index contributed by atoms with van der Waals surface area (Å²) in [6.45, 7) is 9.78. The van der Waals surface area contributed by atoms with Crippen molar-refractivity contribution in [2.75, 3.05) is 11.4 Å². The number of amides is 1. The molecular formula is C22H23NO3. The van der Waals surface area contributed by atoms with E-state index < -0.39 is 11.5 Å². The topological polar surface area (TPSA) is 57.6 Å². The Hall–Kier alpha value is -2.72. The first-order valence-corrected chi connectivity index (χ1v) is 8.65. The number of anilines is 1. The minimum Gasteiger partial charge on any atom is -0.375 e.